The van der Waals surface area contributed by atoms with Crippen molar-refractivity contribution in [2.45, 2.75) is 66.5 Å². The summed E-state index contributed by atoms with van der Waals surface area (Å²) in [5.74, 6) is -0.831. The maximum Gasteiger partial charge on any atom is 0.333 e. The molecule has 0 spiro atoms. The minimum atomic E-state index is -0.719. The molecule has 0 N–H and O–H groups in total. The summed E-state index contributed by atoms with van der Waals surface area (Å²) in [4.78, 5) is 22.9. The fourth-order valence-electron chi connectivity index (χ4n) is 1.35. The van der Waals surface area contributed by atoms with Crippen molar-refractivity contribution in [2.75, 3.05) is 13.2 Å². The molecule has 0 aliphatic rings. The van der Waals surface area contributed by atoms with Crippen LogP contribution in [0.25, 0.3) is 0 Å². The van der Waals surface area contributed by atoms with Crippen LogP contribution in [-0.4, -0.2) is 43.1 Å². The van der Waals surface area contributed by atoms with E-state index in [9.17, 15) is 9.59 Å². The van der Waals surface area contributed by atoms with Gasteiger partial charge in [-0.05, 0) is 40.5 Å². The number of ether oxygens (including phenoxy) is 4. The van der Waals surface area contributed by atoms with Gasteiger partial charge in [-0.1, -0.05) is 13.8 Å². The highest BCUT2D eigenvalue weighted by molar-refractivity contribution is 5.91. The zero-order chi connectivity index (χ0) is 18.0. The quantitative estimate of drug-likeness (QED) is 0.280. The second kappa shape index (κ2) is 10.4. The van der Waals surface area contributed by atoms with Crippen LogP contribution in [0.5, 0.6) is 0 Å². The molecule has 0 bridgehead atoms. The number of esters is 2. The number of hydrogen-bond donors (Lipinski definition) is 0. The molecule has 0 aliphatic heterocycles. The van der Waals surface area contributed by atoms with Gasteiger partial charge in [0.05, 0.1) is 19.3 Å². The summed E-state index contributed by atoms with van der Waals surface area (Å²) in [5, 5.41) is 0. The van der Waals surface area contributed by atoms with Crippen molar-refractivity contribution in [1.82, 2.24) is 0 Å². The minimum absolute atomic E-state index is 0.146. The first-order valence-corrected chi connectivity index (χ1v) is 7.86. The van der Waals surface area contributed by atoms with E-state index in [1.165, 1.54) is 0 Å². The summed E-state index contributed by atoms with van der Waals surface area (Å²) in [6.45, 7) is 13.7. The molecule has 0 fully saturated rings. The second-order valence-electron chi connectivity index (χ2n) is 6.56. The fraction of sp³-hybridized carbons (Fsp3) is 0.765. The summed E-state index contributed by atoms with van der Waals surface area (Å²) < 4.78 is 20.9. The lowest BCUT2D eigenvalue weighted by molar-refractivity contribution is -0.172. The minimum Gasteiger partial charge on any atom is -0.457 e. The number of hydrogen-bond acceptors (Lipinski definition) is 6. The van der Waals surface area contributed by atoms with E-state index in [4.69, 9.17) is 18.9 Å². The van der Waals surface area contributed by atoms with E-state index in [0.29, 0.717) is 19.1 Å². The summed E-state index contributed by atoms with van der Waals surface area (Å²) in [6.07, 6.45) is 1.48. The lowest BCUT2D eigenvalue weighted by Gasteiger charge is -2.18. The van der Waals surface area contributed by atoms with Crippen molar-refractivity contribution >= 4 is 11.9 Å². The molecule has 0 saturated carbocycles. The summed E-state index contributed by atoms with van der Waals surface area (Å²) in [7, 11) is 0. The van der Waals surface area contributed by atoms with Gasteiger partial charge in [0.1, 0.15) is 5.60 Å². The first-order chi connectivity index (χ1) is 10.5. The maximum atomic E-state index is 11.5. The van der Waals surface area contributed by atoms with Crippen LogP contribution in [0.15, 0.2) is 12.2 Å². The Morgan fingerprint density at radius 3 is 1.96 bits per heavy atom. The Morgan fingerprint density at radius 1 is 0.913 bits per heavy atom. The molecule has 2 atom stereocenters. The van der Waals surface area contributed by atoms with E-state index in [1.54, 1.807) is 27.7 Å². The molecule has 0 aliphatic carbocycles. The molecule has 23 heavy (non-hydrogen) atoms. The Balaban J connectivity index is 3.95. The third kappa shape index (κ3) is 12.8. The Morgan fingerprint density at radius 2 is 1.43 bits per heavy atom. The topological polar surface area (TPSA) is 71.1 Å². The number of carbonyl (C=O) groups excluding carboxylic acids is 2. The van der Waals surface area contributed by atoms with Crippen LogP contribution in [0, 0.1) is 5.92 Å². The largest absolute Gasteiger partial charge is 0.457 e. The van der Waals surface area contributed by atoms with Crippen molar-refractivity contribution in [3.8, 4) is 0 Å². The van der Waals surface area contributed by atoms with Gasteiger partial charge in [-0.3, -0.25) is 0 Å². The van der Waals surface area contributed by atoms with Crippen molar-refractivity contribution in [1.29, 1.82) is 0 Å². The van der Waals surface area contributed by atoms with Crippen LogP contribution in [0.4, 0.5) is 0 Å². The lowest BCUT2D eigenvalue weighted by Crippen LogP contribution is -2.23. The first kappa shape index (κ1) is 21.6. The fourth-order valence-corrected chi connectivity index (χ4v) is 1.35. The molecule has 6 nitrogen and oxygen atoms in total. The monoisotopic (exact) mass is 330 g/mol. The highest BCUT2D eigenvalue weighted by Crippen LogP contribution is 2.07. The van der Waals surface area contributed by atoms with Crippen LogP contribution in [-0.2, 0) is 28.5 Å². The number of rotatable bonds is 9. The summed E-state index contributed by atoms with van der Waals surface area (Å²) >= 11 is 0. The third-order valence-electron chi connectivity index (χ3n) is 2.80. The standard InChI is InChI=1S/C17H30O6/c1-12(2)13(3)20-10-11-21-14(4)22-15(18)8-9-16(19)23-17(5,6)7/h8-9,12-14H,10-11H2,1-7H3/b9-8-. The predicted octanol–water partition coefficient (Wildman–Crippen LogP) is 2.85. The SMILES string of the molecule is CC(OCCOC(C)C(C)C)OC(=O)/C=C\C(=O)OC(C)(C)C. The molecule has 0 amide bonds. The normalized spacial score (nSPS) is 14.8. The van der Waals surface area contributed by atoms with Gasteiger partial charge in [0.2, 0.25) is 6.29 Å². The molecule has 0 rings (SSSR count). The van der Waals surface area contributed by atoms with Crippen LogP contribution >= 0.6 is 0 Å². The van der Waals surface area contributed by atoms with Crippen LogP contribution in [0.1, 0.15) is 48.5 Å². The number of carbonyl (C=O) groups is 2. The highest BCUT2D eigenvalue weighted by Gasteiger charge is 2.15. The van der Waals surface area contributed by atoms with E-state index in [1.807, 2.05) is 6.92 Å². The molecule has 0 saturated heterocycles. The molecule has 2 unspecified atom stereocenters. The molecule has 0 aromatic rings. The smallest absolute Gasteiger partial charge is 0.333 e. The van der Waals surface area contributed by atoms with Crippen molar-refractivity contribution in [2.24, 2.45) is 5.92 Å². The predicted molar refractivity (Wildman–Crippen MR) is 86.7 cm³/mol. The zero-order valence-corrected chi connectivity index (χ0v) is 15.3. The van der Waals surface area contributed by atoms with Crippen LogP contribution < -0.4 is 0 Å². The molecule has 0 aromatic heterocycles. The lowest BCUT2D eigenvalue weighted by atomic mass is 10.1. The molecular formula is C17H30O6. The summed E-state index contributed by atoms with van der Waals surface area (Å²) in [5.41, 5.74) is -0.602. The van der Waals surface area contributed by atoms with Crippen molar-refractivity contribution in [3.05, 3.63) is 12.2 Å². The van der Waals surface area contributed by atoms with Crippen LogP contribution in [0.3, 0.4) is 0 Å². The Kier molecular flexibility index (Phi) is 9.76. The van der Waals surface area contributed by atoms with E-state index < -0.39 is 23.8 Å². The highest BCUT2D eigenvalue weighted by atomic mass is 16.7. The second-order valence-corrected chi connectivity index (χ2v) is 6.56. The Labute approximate surface area is 139 Å². The molecule has 0 heterocycles. The Bertz CT molecular complexity index is 394. The molecule has 0 aromatic carbocycles. The zero-order valence-electron chi connectivity index (χ0n) is 15.3. The van der Waals surface area contributed by atoms with E-state index in [2.05, 4.69) is 13.8 Å². The molecular weight excluding hydrogens is 300 g/mol. The van der Waals surface area contributed by atoms with Gasteiger partial charge in [-0.15, -0.1) is 0 Å². The average Bonchev–Trinajstić information content (AvgIpc) is 2.39. The van der Waals surface area contributed by atoms with Gasteiger partial charge in [-0.2, -0.15) is 0 Å². The first-order valence-electron chi connectivity index (χ1n) is 7.86. The van der Waals surface area contributed by atoms with Crippen molar-refractivity contribution in [3.63, 3.8) is 0 Å². The van der Waals surface area contributed by atoms with E-state index >= 15 is 0 Å². The average molecular weight is 330 g/mol. The molecule has 134 valence electrons. The van der Waals surface area contributed by atoms with Gasteiger partial charge in [0.15, 0.2) is 0 Å². The Hall–Kier alpha value is -1.40. The maximum absolute atomic E-state index is 11.5. The van der Waals surface area contributed by atoms with Gasteiger partial charge in [-0.25, -0.2) is 9.59 Å². The van der Waals surface area contributed by atoms with Crippen LogP contribution in [0.2, 0.25) is 0 Å². The molecule has 0 radical (unpaired) electrons. The van der Waals surface area contributed by atoms with E-state index in [0.717, 1.165) is 12.2 Å². The van der Waals surface area contributed by atoms with Gasteiger partial charge >= 0.3 is 11.9 Å². The van der Waals surface area contributed by atoms with Crippen molar-refractivity contribution < 1.29 is 28.5 Å². The van der Waals surface area contributed by atoms with Gasteiger partial charge in [0.25, 0.3) is 0 Å². The third-order valence-corrected chi connectivity index (χ3v) is 2.80. The molecule has 6 heteroatoms. The van der Waals surface area contributed by atoms with Gasteiger partial charge < -0.3 is 18.9 Å². The van der Waals surface area contributed by atoms with Gasteiger partial charge in [0, 0.05) is 12.2 Å². The van der Waals surface area contributed by atoms with E-state index in [-0.39, 0.29) is 6.10 Å². The summed E-state index contributed by atoms with van der Waals surface area (Å²) in [6, 6.07) is 0.